The van der Waals surface area contributed by atoms with E-state index in [1.807, 2.05) is 18.2 Å². The fourth-order valence-electron chi connectivity index (χ4n) is 2.61. The largest absolute Gasteiger partial charge is 0.396 e. The summed E-state index contributed by atoms with van der Waals surface area (Å²) in [5, 5.41) is 18.8. The first-order chi connectivity index (χ1) is 9.69. The Morgan fingerprint density at radius 2 is 1.95 bits per heavy atom. The van der Waals surface area contributed by atoms with Crippen molar-refractivity contribution in [2.75, 3.05) is 33.0 Å². The van der Waals surface area contributed by atoms with Crippen molar-refractivity contribution in [2.45, 2.75) is 25.9 Å². The minimum absolute atomic E-state index is 0.126. The Balaban J connectivity index is 2.04. The Bertz CT molecular complexity index is 386. The van der Waals surface area contributed by atoms with Crippen molar-refractivity contribution < 1.29 is 14.9 Å². The number of ether oxygens (including phenoxy) is 1. The highest BCUT2D eigenvalue weighted by molar-refractivity contribution is 5.14. The molecule has 20 heavy (non-hydrogen) atoms. The molecule has 0 radical (unpaired) electrons. The minimum Gasteiger partial charge on any atom is -0.396 e. The Kier molecular flexibility index (Phi) is 5.54. The molecule has 4 nitrogen and oxygen atoms in total. The zero-order valence-electron chi connectivity index (χ0n) is 12.2. The van der Waals surface area contributed by atoms with Crippen LogP contribution in [0.3, 0.4) is 0 Å². The monoisotopic (exact) mass is 279 g/mol. The lowest BCUT2D eigenvalue weighted by Crippen LogP contribution is -2.54. The standard InChI is InChI=1S/C16H25NO3/c1-14(7-8-18)17(9-15-5-3-2-4-6-15)10-16(11-19)12-20-13-16/h2-6,14,18-19H,7-13H2,1H3. The molecule has 1 aliphatic heterocycles. The molecule has 1 saturated heterocycles. The summed E-state index contributed by atoms with van der Waals surface area (Å²) in [5.41, 5.74) is 1.13. The lowest BCUT2D eigenvalue weighted by atomic mass is 9.85. The molecule has 4 heteroatoms. The smallest absolute Gasteiger partial charge is 0.0579 e. The second kappa shape index (κ2) is 7.18. The third kappa shape index (κ3) is 3.79. The molecule has 1 unspecified atom stereocenters. The summed E-state index contributed by atoms with van der Waals surface area (Å²) in [6.45, 7) is 5.37. The fourth-order valence-corrected chi connectivity index (χ4v) is 2.61. The average molecular weight is 279 g/mol. The van der Waals surface area contributed by atoms with Crippen molar-refractivity contribution in [3.63, 3.8) is 0 Å². The van der Waals surface area contributed by atoms with Gasteiger partial charge in [0, 0.05) is 25.7 Å². The van der Waals surface area contributed by atoms with Crippen LogP contribution in [-0.4, -0.2) is 54.1 Å². The number of aliphatic hydroxyl groups excluding tert-OH is 2. The van der Waals surface area contributed by atoms with Crippen LogP contribution >= 0.6 is 0 Å². The number of benzene rings is 1. The predicted octanol–water partition coefficient (Wildman–Crippen LogP) is 1.27. The van der Waals surface area contributed by atoms with Crippen LogP contribution < -0.4 is 0 Å². The van der Waals surface area contributed by atoms with E-state index in [1.165, 1.54) is 5.56 Å². The van der Waals surface area contributed by atoms with Crippen LogP contribution in [0.1, 0.15) is 18.9 Å². The Morgan fingerprint density at radius 1 is 1.25 bits per heavy atom. The molecule has 0 bridgehead atoms. The predicted molar refractivity (Wildman–Crippen MR) is 78.4 cm³/mol. The maximum absolute atomic E-state index is 9.61. The molecule has 0 spiro atoms. The van der Waals surface area contributed by atoms with E-state index >= 15 is 0 Å². The van der Waals surface area contributed by atoms with E-state index in [0.717, 1.165) is 19.5 Å². The summed E-state index contributed by atoms with van der Waals surface area (Å²) in [7, 11) is 0. The summed E-state index contributed by atoms with van der Waals surface area (Å²) in [4.78, 5) is 2.34. The second-order valence-corrected chi connectivity index (χ2v) is 5.90. The third-order valence-electron chi connectivity index (χ3n) is 4.09. The van der Waals surface area contributed by atoms with Crippen LogP contribution in [0.2, 0.25) is 0 Å². The Morgan fingerprint density at radius 3 is 2.45 bits per heavy atom. The summed E-state index contributed by atoms with van der Waals surface area (Å²) in [6, 6.07) is 10.6. The molecular weight excluding hydrogens is 254 g/mol. The number of nitrogens with zero attached hydrogens (tertiary/aromatic N) is 1. The quantitative estimate of drug-likeness (QED) is 0.752. The van der Waals surface area contributed by atoms with Gasteiger partial charge in [0.2, 0.25) is 0 Å². The van der Waals surface area contributed by atoms with Crippen molar-refractivity contribution >= 4 is 0 Å². The van der Waals surface area contributed by atoms with Gasteiger partial charge in [-0.3, -0.25) is 4.90 Å². The first-order valence-corrected chi connectivity index (χ1v) is 7.26. The maximum atomic E-state index is 9.61. The van der Waals surface area contributed by atoms with Gasteiger partial charge in [-0.1, -0.05) is 30.3 Å². The summed E-state index contributed by atoms with van der Waals surface area (Å²) < 4.78 is 5.28. The molecular formula is C16H25NO3. The van der Waals surface area contributed by atoms with E-state index in [9.17, 15) is 10.2 Å². The SMILES string of the molecule is CC(CCO)N(Cc1ccccc1)CC1(CO)COC1. The lowest BCUT2D eigenvalue weighted by Gasteiger charge is -2.45. The number of hydrogen-bond donors (Lipinski definition) is 2. The van der Waals surface area contributed by atoms with Crippen LogP contribution in [0.25, 0.3) is 0 Å². The Labute approximate surface area is 121 Å². The van der Waals surface area contributed by atoms with Gasteiger partial charge in [0.15, 0.2) is 0 Å². The minimum atomic E-state index is -0.126. The Hall–Kier alpha value is -0.940. The highest BCUT2D eigenvalue weighted by atomic mass is 16.5. The number of rotatable bonds is 8. The van der Waals surface area contributed by atoms with Gasteiger partial charge in [-0.2, -0.15) is 0 Å². The highest BCUT2D eigenvalue weighted by Gasteiger charge is 2.40. The van der Waals surface area contributed by atoms with Gasteiger partial charge in [0.1, 0.15) is 0 Å². The normalized spacial score (nSPS) is 18.8. The van der Waals surface area contributed by atoms with Crippen molar-refractivity contribution in [3.05, 3.63) is 35.9 Å². The highest BCUT2D eigenvalue weighted by Crippen LogP contribution is 2.29. The first kappa shape index (κ1) is 15.4. The van der Waals surface area contributed by atoms with E-state index in [4.69, 9.17) is 4.74 Å². The molecule has 1 aliphatic rings. The summed E-state index contributed by atoms with van der Waals surface area (Å²) >= 11 is 0. The molecule has 1 atom stereocenters. The maximum Gasteiger partial charge on any atom is 0.0579 e. The van der Waals surface area contributed by atoms with Gasteiger partial charge < -0.3 is 14.9 Å². The molecule has 1 heterocycles. The molecule has 0 aliphatic carbocycles. The molecule has 2 N–H and O–H groups in total. The van der Waals surface area contributed by atoms with Crippen LogP contribution in [0.4, 0.5) is 0 Å². The topological polar surface area (TPSA) is 52.9 Å². The van der Waals surface area contributed by atoms with Crippen LogP contribution in [0.15, 0.2) is 30.3 Å². The molecule has 1 fully saturated rings. The van der Waals surface area contributed by atoms with Gasteiger partial charge in [-0.15, -0.1) is 0 Å². The molecule has 0 saturated carbocycles. The van der Waals surface area contributed by atoms with Gasteiger partial charge in [0.05, 0.1) is 25.2 Å². The first-order valence-electron chi connectivity index (χ1n) is 7.26. The van der Waals surface area contributed by atoms with E-state index < -0.39 is 0 Å². The van der Waals surface area contributed by atoms with Crippen molar-refractivity contribution in [1.29, 1.82) is 0 Å². The van der Waals surface area contributed by atoms with Gasteiger partial charge in [0.25, 0.3) is 0 Å². The van der Waals surface area contributed by atoms with Crippen LogP contribution in [0, 0.1) is 5.41 Å². The van der Waals surface area contributed by atoms with Crippen molar-refractivity contribution in [2.24, 2.45) is 5.41 Å². The van der Waals surface area contributed by atoms with Crippen LogP contribution in [-0.2, 0) is 11.3 Å². The summed E-state index contributed by atoms with van der Waals surface area (Å²) in [6.07, 6.45) is 0.745. The van der Waals surface area contributed by atoms with E-state index in [-0.39, 0.29) is 24.7 Å². The molecule has 1 aromatic carbocycles. The third-order valence-corrected chi connectivity index (χ3v) is 4.09. The van der Waals surface area contributed by atoms with Crippen molar-refractivity contribution in [3.8, 4) is 0 Å². The number of aliphatic hydroxyl groups is 2. The molecule has 0 amide bonds. The molecule has 2 rings (SSSR count). The second-order valence-electron chi connectivity index (χ2n) is 5.90. The van der Waals surface area contributed by atoms with E-state index in [2.05, 4.69) is 24.0 Å². The van der Waals surface area contributed by atoms with Gasteiger partial charge in [-0.25, -0.2) is 0 Å². The molecule has 1 aromatic rings. The zero-order valence-corrected chi connectivity index (χ0v) is 12.2. The molecule has 0 aromatic heterocycles. The number of hydrogen-bond acceptors (Lipinski definition) is 4. The van der Waals surface area contributed by atoms with E-state index in [0.29, 0.717) is 13.2 Å². The average Bonchev–Trinajstić information content (AvgIpc) is 2.43. The van der Waals surface area contributed by atoms with Gasteiger partial charge in [-0.05, 0) is 18.9 Å². The van der Waals surface area contributed by atoms with Crippen LogP contribution in [0.5, 0.6) is 0 Å². The zero-order chi connectivity index (χ0) is 14.4. The lowest BCUT2D eigenvalue weighted by molar-refractivity contribution is -0.152. The summed E-state index contributed by atoms with van der Waals surface area (Å²) in [5.74, 6) is 0. The molecule has 112 valence electrons. The van der Waals surface area contributed by atoms with Crippen molar-refractivity contribution in [1.82, 2.24) is 4.90 Å². The van der Waals surface area contributed by atoms with E-state index in [1.54, 1.807) is 0 Å². The van der Waals surface area contributed by atoms with Gasteiger partial charge >= 0.3 is 0 Å². The fraction of sp³-hybridized carbons (Fsp3) is 0.625.